The maximum absolute atomic E-state index is 13.7. The summed E-state index contributed by atoms with van der Waals surface area (Å²) in [5, 5.41) is 32.1. The van der Waals surface area contributed by atoms with Crippen molar-refractivity contribution in [3.63, 3.8) is 0 Å². The molecule has 6 N–H and O–H groups in total. The number of carbonyl (C=O) groups is 1. The van der Waals surface area contributed by atoms with Crippen LogP contribution in [-0.4, -0.2) is 74.8 Å². The number of hydrogen-bond acceptors (Lipinski definition) is 11. The lowest BCUT2D eigenvalue weighted by molar-refractivity contribution is -0.149. The summed E-state index contributed by atoms with van der Waals surface area (Å²) in [7, 11) is -4.10. The van der Waals surface area contributed by atoms with Crippen LogP contribution in [0.2, 0.25) is 0 Å². The molecule has 0 aliphatic carbocycles. The van der Waals surface area contributed by atoms with E-state index in [0.29, 0.717) is 36.4 Å². The monoisotopic (exact) mass is 590 g/mol. The minimum absolute atomic E-state index is 0.0573. The third-order valence-electron chi connectivity index (χ3n) is 6.94. The summed E-state index contributed by atoms with van der Waals surface area (Å²) < 4.78 is 32.1. The van der Waals surface area contributed by atoms with Gasteiger partial charge >= 0.3 is 13.7 Å². The number of para-hydroxylation sites is 1. The van der Waals surface area contributed by atoms with Gasteiger partial charge in [-0.3, -0.25) is 9.32 Å². The van der Waals surface area contributed by atoms with Crippen molar-refractivity contribution in [2.45, 2.75) is 69.8 Å². The number of carbonyl (C=O) groups excluding carboxylic acids is 1. The molecule has 1 aromatic carbocycles. The Morgan fingerprint density at radius 2 is 2.02 bits per heavy atom. The van der Waals surface area contributed by atoms with Crippen LogP contribution in [0.5, 0.6) is 5.75 Å². The van der Waals surface area contributed by atoms with Crippen LogP contribution in [0.25, 0.3) is 5.52 Å². The van der Waals surface area contributed by atoms with E-state index < -0.39 is 37.9 Å². The van der Waals surface area contributed by atoms with Crippen LogP contribution in [0.15, 0.2) is 48.8 Å². The Bertz CT molecular complexity index is 1320. The highest BCUT2D eigenvalue weighted by atomic mass is 31.2. The molecular formula is C27H39N6O7P. The van der Waals surface area contributed by atoms with Crippen LogP contribution < -0.4 is 20.7 Å². The predicted octanol–water partition coefficient (Wildman–Crippen LogP) is 2.39. The molecule has 1 aliphatic rings. The maximum Gasteiger partial charge on any atom is 0.459 e. The molecule has 0 bridgehead atoms. The van der Waals surface area contributed by atoms with Gasteiger partial charge in [0.15, 0.2) is 5.82 Å². The highest BCUT2D eigenvalue weighted by molar-refractivity contribution is 7.52. The van der Waals surface area contributed by atoms with Gasteiger partial charge in [-0.2, -0.15) is 10.2 Å². The number of fused-ring (bicyclic) bond motifs is 1. The fourth-order valence-electron chi connectivity index (χ4n) is 4.79. The number of aliphatic hydroxyl groups is 2. The average molecular weight is 591 g/mol. The van der Waals surface area contributed by atoms with Crippen molar-refractivity contribution in [2.24, 2.45) is 0 Å². The second kappa shape index (κ2) is 14.2. The minimum atomic E-state index is -4.10. The van der Waals surface area contributed by atoms with Gasteiger partial charge in [-0.05, 0) is 57.0 Å². The molecule has 4 rings (SSSR count). The van der Waals surface area contributed by atoms with E-state index in [4.69, 9.17) is 19.5 Å². The van der Waals surface area contributed by atoms with Gasteiger partial charge in [0.1, 0.15) is 29.7 Å². The first kappa shape index (κ1) is 30.9. The van der Waals surface area contributed by atoms with Crippen molar-refractivity contribution < 1.29 is 33.4 Å². The van der Waals surface area contributed by atoms with Gasteiger partial charge in [-0.25, -0.2) is 14.1 Å². The first-order valence-corrected chi connectivity index (χ1v) is 15.4. The van der Waals surface area contributed by atoms with Crippen LogP contribution in [0, 0.1) is 0 Å². The average Bonchev–Trinajstić information content (AvgIpc) is 3.62. The van der Waals surface area contributed by atoms with Crippen molar-refractivity contribution in [1.82, 2.24) is 25.0 Å². The Labute approximate surface area is 239 Å². The predicted molar refractivity (Wildman–Crippen MR) is 152 cm³/mol. The number of aliphatic hydroxyl groups excluding tert-OH is 2. The van der Waals surface area contributed by atoms with E-state index in [1.165, 1.54) is 13.3 Å². The molecule has 3 heterocycles. The fraction of sp³-hybridized carbons (Fsp3) is 0.519. The van der Waals surface area contributed by atoms with E-state index in [1.54, 1.807) is 47.0 Å². The second-order valence-corrected chi connectivity index (χ2v) is 11.8. The van der Waals surface area contributed by atoms with Gasteiger partial charge in [0.05, 0.1) is 18.8 Å². The quantitative estimate of drug-likeness (QED) is 0.129. The Hall–Kier alpha value is -3.06. The summed E-state index contributed by atoms with van der Waals surface area (Å²) in [5.74, 6) is -0.462. The van der Waals surface area contributed by atoms with E-state index in [-0.39, 0.29) is 24.9 Å². The van der Waals surface area contributed by atoms with Crippen LogP contribution in [0.3, 0.4) is 0 Å². The Morgan fingerprint density at radius 3 is 2.73 bits per heavy atom. The number of ether oxygens (including phenoxy) is 1. The fourth-order valence-corrected chi connectivity index (χ4v) is 6.29. The van der Waals surface area contributed by atoms with Gasteiger partial charge in [0, 0.05) is 18.2 Å². The zero-order chi connectivity index (χ0) is 29.4. The smallest absolute Gasteiger partial charge is 0.459 e. The topological polar surface area (TPSA) is 183 Å². The molecule has 0 spiro atoms. The molecule has 3 aromatic rings. The lowest BCUT2D eigenvalue weighted by Crippen LogP contribution is -2.38. The van der Waals surface area contributed by atoms with E-state index in [1.807, 2.05) is 6.92 Å². The molecule has 2 aromatic heterocycles. The lowest BCUT2D eigenvalue weighted by atomic mass is 9.89. The Kier molecular flexibility index (Phi) is 10.7. The summed E-state index contributed by atoms with van der Waals surface area (Å²) in [6.07, 6.45) is 0.641. The van der Waals surface area contributed by atoms with E-state index in [9.17, 15) is 19.6 Å². The molecule has 0 saturated carbocycles. The first-order valence-electron chi connectivity index (χ1n) is 13.8. The molecular weight excluding hydrogens is 551 g/mol. The molecule has 41 heavy (non-hydrogen) atoms. The normalized spacial score (nSPS) is 19.8. The Morgan fingerprint density at radius 1 is 1.24 bits per heavy atom. The van der Waals surface area contributed by atoms with Gasteiger partial charge in [0.25, 0.3) is 0 Å². The molecule has 6 atom stereocenters. The van der Waals surface area contributed by atoms with Crippen LogP contribution in [0.1, 0.15) is 51.1 Å². The largest absolute Gasteiger partial charge is 0.460 e. The van der Waals surface area contributed by atoms with Crippen molar-refractivity contribution in [2.75, 3.05) is 25.4 Å². The molecule has 0 radical (unpaired) electrons. The number of nitrogen functional groups attached to an aromatic ring is 1. The lowest BCUT2D eigenvalue weighted by Gasteiger charge is -2.27. The minimum Gasteiger partial charge on any atom is -0.460 e. The van der Waals surface area contributed by atoms with Crippen molar-refractivity contribution >= 4 is 25.1 Å². The van der Waals surface area contributed by atoms with E-state index in [2.05, 4.69) is 20.5 Å². The highest BCUT2D eigenvalue weighted by Gasteiger charge is 2.35. The standard InChI is InChI=1S/C27H39N6O7P/c1-3-7-21(22-10-11-23-26(28)30-17-31-33(22)23)25(35)24(34)13-15-38-41(37,40-19-8-5-4-6-9-19)32-18(2)27(36)39-20-12-14-29-16-20/h4-6,8-11,17-18,20-21,24-25,29,34-35H,3,7,12-16H2,1-2H3,(H,32,37)(H2,28,30,31)/t18-,20-,21-,24+,25-,41?/m0/s1. The van der Waals surface area contributed by atoms with Gasteiger partial charge in [-0.1, -0.05) is 31.5 Å². The van der Waals surface area contributed by atoms with E-state index >= 15 is 0 Å². The molecule has 1 saturated heterocycles. The van der Waals surface area contributed by atoms with Crippen LogP contribution >= 0.6 is 7.75 Å². The number of aromatic nitrogens is 3. The zero-order valence-electron chi connectivity index (χ0n) is 23.3. The molecule has 224 valence electrons. The van der Waals surface area contributed by atoms with Crippen LogP contribution in [0.4, 0.5) is 5.82 Å². The number of hydrogen-bond donors (Lipinski definition) is 5. The molecule has 14 heteroatoms. The summed E-state index contributed by atoms with van der Waals surface area (Å²) in [6, 6.07) is 11.0. The number of rotatable bonds is 15. The van der Waals surface area contributed by atoms with Crippen LogP contribution in [-0.2, 0) is 18.6 Å². The van der Waals surface area contributed by atoms with Crippen molar-refractivity contribution in [1.29, 1.82) is 0 Å². The summed E-state index contributed by atoms with van der Waals surface area (Å²) >= 11 is 0. The second-order valence-electron chi connectivity index (χ2n) is 10.1. The third kappa shape index (κ3) is 8.03. The molecule has 1 fully saturated rings. The molecule has 13 nitrogen and oxygen atoms in total. The number of nitrogens with one attached hydrogen (secondary N) is 2. The number of nitrogens with two attached hydrogens (primary N) is 1. The summed E-state index contributed by atoms with van der Waals surface area (Å²) in [5.41, 5.74) is 7.25. The third-order valence-corrected chi connectivity index (χ3v) is 8.62. The zero-order valence-corrected chi connectivity index (χ0v) is 24.2. The molecule has 0 amide bonds. The first-order chi connectivity index (χ1) is 19.7. The maximum atomic E-state index is 13.7. The SMILES string of the molecule is CCC[C@@H](c1ccc2c(N)ncnn12)[C@H](O)[C@H](O)CCOP(=O)(N[C@@H](C)C(=O)O[C@H]1CCNC1)Oc1ccccc1. The van der Waals surface area contributed by atoms with Crippen molar-refractivity contribution in [3.8, 4) is 5.75 Å². The summed E-state index contributed by atoms with van der Waals surface area (Å²) in [6.45, 7) is 4.58. The molecule has 1 aliphatic heterocycles. The number of esters is 1. The summed E-state index contributed by atoms with van der Waals surface area (Å²) in [4.78, 5) is 16.6. The van der Waals surface area contributed by atoms with E-state index in [0.717, 1.165) is 13.0 Å². The van der Waals surface area contributed by atoms with Gasteiger partial charge < -0.3 is 30.5 Å². The van der Waals surface area contributed by atoms with Gasteiger partial charge in [0.2, 0.25) is 0 Å². The van der Waals surface area contributed by atoms with Gasteiger partial charge in [-0.15, -0.1) is 0 Å². The molecule has 1 unspecified atom stereocenters. The Balaban J connectivity index is 1.41. The number of anilines is 1. The number of nitrogens with zero attached hydrogens (tertiary/aromatic N) is 3. The van der Waals surface area contributed by atoms with Crippen molar-refractivity contribution in [3.05, 3.63) is 54.5 Å². The highest BCUT2D eigenvalue weighted by Crippen LogP contribution is 2.45. The number of benzene rings is 1.